The van der Waals surface area contributed by atoms with Crippen LogP contribution in [-0.4, -0.2) is 17.1 Å². The van der Waals surface area contributed by atoms with E-state index in [4.69, 9.17) is 15.4 Å². The summed E-state index contributed by atoms with van der Waals surface area (Å²) in [5, 5.41) is 16.5. The number of ether oxygens (including phenoxy) is 1. The van der Waals surface area contributed by atoms with Crippen molar-refractivity contribution in [2.24, 2.45) is 0 Å². The lowest BCUT2D eigenvalue weighted by Crippen LogP contribution is -2.16. The van der Waals surface area contributed by atoms with Gasteiger partial charge in [0.1, 0.15) is 11.6 Å². The van der Waals surface area contributed by atoms with Gasteiger partial charge >= 0.3 is 5.97 Å². The molecule has 0 aliphatic rings. The number of nitriles is 1. The standard InChI is InChI=1S/C12H13N3O2/c1-3-17-12(16)10(7-13)8-15-5-4-9(2)6-11(15)14/h4-6,8,14H,3H2,1-2H3/b10-8-,14-11?. The summed E-state index contributed by atoms with van der Waals surface area (Å²) in [5.74, 6) is -0.678. The van der Waals surface area contributed by atoms with Crippen LogP contribution in [-0.2, 0) is 9.53 Å². The molecule has 17 heavy (non-hydrogen) atoms. The molecule has 0 amide bonds. The molecule has 0 aromatic carbocycles. The molecular weight excluding hydrogens is 218 g/mol. The second-order valence-corrected chi connectivity index (χ2v) is 3.37. The van der Waals surface area contributed by atoms with Gasteiger partial charge in [-0.15, -0.1) is 0 Å². The number of nitrogens with zero attached hydrogens (tertiary/aromatic N) is 2. The molecule has 1 heterocycles. The first-order valence-corrected chi connectivity index (χ1v) is 5.11. The average molecular weight is 231 g/mol. The van der Waals surface area contributed by atoms with E-state index in [0.29, 0.717) is 0 Å². The average Bonchev–Trinajstić information content (AvgIpc) is 2.28. The normalized spacial score (nSPS) is 10.8. The largest absolute Gasteiger partial charge is 0.462 e. The number of pyridine rings is 1. The van der Waals surface area contributed by atoms with Gasteiger partial charge in [0, 0.05) is 12.4 Å². The lowest BCUT2D eigenvalue weighted by Gasteiger charge is -2.03. The first-order valence-electron chi connectivity index (χ1n) is 5.11. The van der Waals surface area contributed by atoms with Crippen LogP contribution in [0, 0.1) is 23.7 Å². The molecule has 0 aliphatic carbocycles. The highest BCUT2D eigenvalue weighted by Gasteiger charge is 2.09. The molecule has 0 radical (unpaired) electrons. The Morgan fingerprint density at radius 1 is 1.71 bits per heavy atom. The third-order valence-electron chi connectivity index (χ3n) is 2.02. The van der Waals surface area contributed by atoms with Crippen LogP contribution in [0.1, 0.15) is 12.5 Å². The molecule has 0 unspecified atom stereocenters. The Balaban J connectivity index is 3.12. The van der Waals surface area contributed by atoms with E-state index in [1.54, 1.807) is 31.3 Å². The van der Waals surface area contributed by atoms with Crippen molar-refractivity contribution in [3.05, 3.63) is 35.0 Å². The zero-order chi connectivity index (χ0) is 12.8. The van der Waals surface area contributed by atoms with Crippen molar-refractivity contribution in [3.8, 4) is 6.07 Å². The van der Waals surface area contributed by atoms with Crippen LogP contribution in [0.4, 0.5) is 0 Å². The summed E-state index contributed by atoms with van der Waals surface area (Å²) in [6, 6.07) is 5.18. The number of carbonyl (C=O) groups excluding carboxylic acids is 1. The molecule has 1 N–H and O–H groups in total. The van der Waals surface area contributed by atoms with Gasteiger partial charge in [0.05, 0.1) is 6.61 Å². The molecule has 0 saturated heterocycles. The molecule has 0 bridgehead atoms. The van der Waals surface area contributed by atoms with Gasteiger partial charge in [-0.05, 0) is 31.5 Å². The maximum atomic E-state index is 11.4. The third-order valence-corrected chi connectivity index (χ3v) is 2.02. The van der Waals surface area contributed by atoms with E-state index in [2.05, 4.69) is 0 Å². The summed E-state index contributed by atoms with van der Waals surface area (Å²) >= 11 is 0. The van der Waals surface area contributed by atoms with E-state index in [0.717, 1.165) is 5.56 Å². The highest BCUT2D eigenvalue weighted by molar-refractivity contribution is 5.96. The van der Waals surface area contributed by atoms with E-state index >= 15 is 0 Å². The van der Waals surface area contributed by atoms with Gasteiger partial charge in [0.2, 0.25) is 0 Å². The molecule has 5 heteroatoms. The molecular formula is C12H13N3O2. The zero-order valence-electron chi connectivity index (χ0n) is 9.73. The minimum atomic E-state index is -0.678. The number of aromatic nitrogens is 1. The summed E-state index contributed by atoms with van der Waals surface area (Å²) in [6.45, 7) is 3.74. The van der Waals surface area contributed by atoms with Gasteiger partial charge in [-0.3, -0.25) is 5.41 Å². The quantitative estimate of drug-likeness (QED) is 0.482. The second kappa shape index (κ2) is 5.66. The summed E-state index contributed by atoms with van der Waals surface area (Å²) in [5.41, 5.74) is 1.01. The Morgan fingerprint density at radius 3 is 2.94 bits per heavy atom. The molecule has 0 spiro atoms. The van der Waals surface area contributed by atoms with E-state index in [-0.39, 0.29) is 17.7 Å². The van der Waals surface area contributed by atoms with Gasteiger partial charge in [-0.25, -0.2) is 4.79 Å². The van der Waals surface area contributed by atoms with Crippen LogP contribution in [0.15, 0.2) is 23.9 Å². The second-order valence-electron chi connectivity index (χ2n) is 3.37. The van der Waals surface area contributed by atoms with Gasteiger partial charge < -0.3 is 9.30 Å². The van der Waals surface area contributed by atoms with Crippen LogP contribution in [0.3, 0.4) is 0 Å². The fraction of sp³-hybridized carbons (Fsp3) is 0.250. The predicted molar refractivity (Wildman–Crippen MR) is 61.5 cm³/mol. The maximum Gasteiger partial charge on any atom is 0.350 e. The number of hydrogen-bond acceptors (Lipinski definition) is 4. The fourth-order valence-electron chi connectivity index (χ4n) is 1.20. The van der Waals surface area contributed by atoms with Crippen LogP contribution in [0.2, 0.25) is 0 Å². The molecule has 0 saturated carbocycles. The molecule has 5 nitrogen and oxygen atoms in total. The summed E-state index contributed by atoms with van der Waals surface area (Å²) in [6.07, 6.45) is 2.91. The van der Waals surface area contributed by atoms with E-state index in [1.165, 1.54) is 10.8 Å². The maximum absolute atomic E-state index is 11.4. The number of rotatable bonds is 3. The van der Waals surface area contributed by atoms with Crippen LogP contribution in [0.5, 0.6) is 0 Å². The van der Waals surface area contributed by atoms with Crippen molar-refractivity contribution >= 4 is 12.2 Å². The topological polar surface area (TPSA) is 78.9 Å². The minimum absolute atomic E-state index is 0.130. The third kappa shape index (κ3) is 3.31. The predicted octanol–water partition coefficient (Wildman–Crippen LogP) is 1.20. The summed E-state index contributed by atoms with van der Waals surface area (Å²) < 4.78 is 6.12. The van der Waals surface area contributed by atoms with E-state index in [1.807, 2.05) is 6.92 Å². The molecule has 88 valence electrons. The summed E-state index contributed by atoms with van der Waals surface area (Å²) in [4.78, 5) is 11.4. The highest BCUT2D eigenvalue weighted by Crippen LogP contribution is 1.99. The number of aryl methyl sites for hydroxylation is 1. The monoisotopic (exact) mass is 231 g/mol. The van der Waals surface area contributed by atoms with Crippen molar-refractivity contribution in [1.29, 1.82) is 10.7 Å². The Morgan fingerprint density at radius 2 is 2.41 bits per heavy atom. The number of hydrogen-bond donors (Lipinski definition) is 1. The summed E-state index contributed by atoms with van der Waals surface area (Å²) in [7, 11) is 0. The van der Waals surface area contributed by atoms with Gasteiger partial charge in [0.25, 0.3) is 0 Å². The van der Waals surface area contributed by atoms with Crippen molar-refractivity contribution in [2.45, 2.75) is 13.8 Å². The van der Waals surface area contributed by atoms with E-state index in [9.17, 15) is 4.79 Å². The molecule has 1 rings (SSSR count). The van der Waals surface area contributed by atoms with Crippen LogP contribution < -0.4 is 5.49 Å². The lowest BCUT2D eigenvalue weighted by molar-refractivity contribution is -0.137. The molecule has 0 fully saturated rings. The van der Waals surface area contributed by atoms with Crippen molar-refractivity contribution in [1.82, 2.24) is 4.57 Å². The van der Waals surface area contributed by atoms with Crippen LogP contribution in [0.25, 0.3) is 6.20 Å². The minimum Gasteiger partial charge on any atom is -0.462 e. The zero-order valence-corrected chi connectivity index (χ0v) is 9.73. The fourth-order valence-corrected chi connectivity index (χ4v) is 1.20. The van der Waals surface area contributed by atoms with Crippen LogP contribution >= 0.6 is 0 Å². The smallest absolute Gasteiger partial charge is 0.350 e. The highest BCUT2D eigenvalue weighted by atomic mass is 16.5. The Kier molecular flexibility index (Phi) is 4.23. The molecule has 0 atom stereocenters. The van der Waals surface area contributed by atoms with Crippen molar-refractivity contribution in [3.63, 3.8) is 0 Å². The Hall–Kier alpha value is -2.35. The lowest BCUT2D eigenvalue weighted by atomic mass is 10.3. The Bertz CT molecular complexity index is 550. The Labute approximate surface area is 99.1 Å². The first-order chi connectivity index (χ1) is 8.08. The van der Waals surface area contributed by atoms with Gasteiger partial charge in [-0.1, -0.05) is 0 Å². The number of esters is 1. The van der Waals surface area contributed by atoms with Gasteiger partial charge in [-0.2, -0.15) is 5.26 Å². The molecule has 1 aromatic heterocycles. The first kappa shape index (κ1) is 12.7. The number of carbonyl (C=O) groups is 1. The van der Waals surface area contributed by atoms with Gasteiger partial charge in [0.15, 0.2) is 5.57 Å². The molecule has 1 aromatic rings. The van der Waals surface area contributed by atoms with E-state index < -0.39 is 5.97 Å². The van der Waals surface area contributed by atoms with Crippen molar-refractivity contribution < 1.29 is 9.53 Å². The molecule has 0 aliphatic heterocycles. The SMILES string of the molecule is CCOC(=O)/C(C#N)=C\n1ccc(C)cc1=N. The number of nitrogens with one attached hydrogen (secondary N) is 1. The van der Waals surface area contributed by atoms with Crippen molar-refractivity contribution in [2.75, 3.05) is 6.61 Å².